The number of nitrogens with one attached hydrogen (secondary N) is 2. The second-order valence-electron chi connectivity index (χ2n) is 6.64. The first-order valence-electron chi connectivity index (χ1n) is 9.28. The van der Waals surface area contributed by atoms with Crippen LogP contribution in [0.3, 0.4) is 0 Å². The molecule has 0 unspecified atom stereocenters. The molecule has 0 radical (unpaired) electrons. The number of anilines is 3. The Balaban J connectivity index is 1.54. The van der Waals surface area contributed by atoms with Gasteiger partial charge in [0.15, 0.2) is 0 Å². The van der Waals surface area contributed by atoms with Gasteiger partial charge in [0, 0.05) is 25.8 Å². The zero-order chi connectivity index (χ0) is 23.1. The van der Waals surface area contributed by atoms with Crippen molar-refractivity contribution in [1.82, 2.24) is 14.9 Å². The van der Waals surface area contributed by atoms with Crippen LogP contribution in [0.25, 0.3) is 0 Å². The van der Waals surface area contributed by atoms with E-state index in [9.17, 15) is 14.9 Å². The van der Waals surface area contributed by atoms with Crippen LogP contribution in [0.4, 0.5) is 23.0 Å². The quantitative estimate of drug-likeness (QED) is 0.145. The summed E-state index contributed by atoms with van der Waals surface area (Å²) in [6.07, 6.45) is 1.61. The molecular weight excluding hydrogens is 434 g/mol. The predicted molar refractivity (Wildman–Crippen MR) is 125 cm³/mol. The lowest BCUT2D eigenvalue weighted by atomic mass is 10.2. The minimum atomic E-state index is -0.561. The number of hydrogen-bond donors (Lipinski definition) is 3. The van der Waals surface area contributed by atoms with Crippen molar-refractivity contribution in [2.24, 2.45) is 5.10 Å². The van der Waals surface area contributed by atoms with Gasteiger partial charge in [-0.2, -0.15) is 5.10 Å². The molecule has 12 nitrogen and oxygen atoms in total. The molecule has 3 aromatic rings. The lowest BCUT2D eigenvalue weighted by Gasteiger charge is -2.11. The number of hydrogen-bond acceptors (Lipinski definition) is 10. The topological polar surface area (TPSA) is 157 Å². The molecule has 0 saturated heterocycles. The second-order valence-corrected chi connectivity index (χ2v) is 7.59. The average molecular weight is 456 g/mol. The highest BCUT2D eigenvalue weighted by Crippen LogP contribution is 2.24. The lowest BCUT2D eigenvalue weighted by Crippen LogP contribution is -2.17. The summed E-state index contributed by atoms with van der Waals surface area (Å²) >= 11 is 1.03. The number of nitrogens with two attached hydrogens (primary N) is 1. The van der Waals surface area contributed by atoms with E-state index in [0.717, 1.165) is 27.7 Å². The van der Waals surface area contributed by atoms with Gasteiger partial charge in [-0.3, -0.25) is 14.9 Å². The van der Waals surface area contributed by atoms with Gasteiger partial charge in [-0.25, -0.2) is 10.1 Å². The van der Waals surface area contributed by atoms with Crippen LogP contribution in [-0.4, -0.2) is 51.8 Å². The van der Waals surface area contributed by atoms with Crippen LogP contribution >= 0.6 is 11.8 Å². The minimum Gasteiger partial charge on any atom is -0.378 e. The van der Waals surface area contributed by atoms with Gasteiger partial charge in [-0.05, 0) is 23.8 Å². The van der Waals surface area contributed by atoms with Crippen LogP contribution < -0.4 is 21.5 Å². The van der Waals surface area contributed by atoms with E-state index in [1.165, 1.54) is 18.2 Å². The van der Waals surface area contributed by atoms with Gasteiger partial charge in [-0.1, -0.05) is 36.0 Å². The number of carbonyl (C=O) groups is 1. The van der Waals surface area contributed by atoms with Crippen LogP contribution in [0, 0.1) is 10.1 Å². The summed E-state index contributed by atoms with van der Waals surface area (Å²) in [5, 5.41) is 25.7. The highest BCUT2D eigenvalue weighted by molar-refractivity contribution is 7.99. The van der Waals surface area contributed by atoms with E-state index in [-0.39, 0.29) is 28.2 Å². The maximum absolute atomic E-state index is 12.2. The molecule has 1 aromatic heterocycles. The minimum absolute atomic E-state index is 0.0666. The molecule has 0 bridgehead atoms. The molecule has 13 heteroatoms. The third kappa shape index (κ3) is 5.72. The molecule has 4 N–H and O–H groups in total. The molecule has 32 heavy (non-hydrogen) atoms. The molecule has 0 aliphatic carbocycles. The maximum Gasteiger partial charge on any atom is 0.292 e. The van der Waals surface area contributed by atoms with E-state index in [1.807, 2.05) is 43.3 Å². The molecule has 0 atom stereocenters. The SMILES string of the molecule is CN(C)c1ccc(/C=N/Nc2nnc(SCC(=O)Nc3ccccc3[N+](=O)[O-])n2N)cc1. The van der Waals surface area contributed by atoms with Crippen molar-refractivity contribution in [2.45, 2.75) is 5.16 Å². The van der Waals surface area contributed by atoms with Crippen molar-refractivity contribution < 1.29 is 9.72 Å². The van der Waals surface area contributed by atoms with Crippen LogP contribution in [0.1, 0.15) is 5.56 Å². The molecule has 166 valence electrons. The number of rotatable bonds is 9. The van der Waals surface area contributed by atoms with Crippen molar-refractivity contribution in [3.63, 3.8) is 0 Å². The molecule has 0 saturated carbocycles. The van der Waals surface area contributed by atoms with Crippen LogP contribution in [0.15, 0.2) is 58.8 Å². The van der Waals surface area contributed by atoms with Crippen molar-refractivity contribution in [1.29, 1.82) is 0 Å². The van der Waals surface area contributed by atoms with E-state index in [2.05, 4.69) is 26.0 Å². The van der Waals surface area contributed by atoms with Crippen molar-refractivity contribution in [2.75, 3.05) is 41.3 Å². The van der Waals surface area contributed by atoms with E-state index in [1.54, 1.807) is 12.3 Å². The molecule has 2 aromatic carbocycles. The molecule has 0 spiro atoms. The Bertz CT molecular complexity index is 1130. The Morgan fingerprint density at radius 1 is 1.25 bits per heavy atom. The fraction of sp³-hybridized carbons (Fsp3) is 0.158. The fourth-order valence-corrected chi connectivity index (χ4v) is 3.19. The Morgan fingerprint density at radius 3 is 2.66 bits per heavy atom. The Kier molecular flexibility index (Phi) is 7.23. The van der Waals surface area contributed by atoms with Crippen molar-refractivity contribution >= 4 is 46.9 Å². The Hall–Kier alpha value is -4.13. The summed E-state index contributed by atoms with van der Waals surface area (Å²) in [5.74, 6) is 5.62. The van der Waals surface area contributed by atoms with Crippen molar-refractivity contribution in [3.8, 4) is 0 Å². The van der Waals surface area contributed by atoms with E-state index in [0.29, 0.717) is 0 Å². The molecule has 0 fully saturated rings. The number of thioether (sulfide) groups is 1. The van der Waals surface area contributed by atoms with E-state index in [4.69, 9.17) is 5.84 Å². The molecule has 1 amide bonds. The van der Waals surface area contributed by atoms with Gasteiger partial charge in [0.05, 0.1) is 16.9 Å². The van der Waals surface area contributed by atoms with Gasteiger partial charge >= 0.3 is 0 Å². The Labute approximate surface area is 187 Å². The van der Waals surface area contributed by atoms with E-state index >= 15 is 0 Å². The lowest BCUT2D eigenvalue weighted by molar-refractivity contribution is -0.383. The van der Waals surface area contributed by atoms with Gasteiger partial charge in [0.25, 0.3) is 11.6 Å². The first-order chi connectivity index (χ1) is 15.3. The normalized spacial score (nSPS) is 10.8. The third-order valence-electron chi connectivity index (χ3n) is 4.16. The molecule has 3 rings (SSSR count). The highest BCUT2D eigenvalue weighted by Gasteiger charge is 2.16. The zero-order valence-electron chi connectivity index (χ0n) is 17.3. The van der Waals surface area contributed by atoms with Gasteiger partial charge in [0.1, 0.15) is 5.69 Å². The van der Waals surface area contributed by atoms with Gasteiger partial charge in [-0.15, -0.1) is 10.2 Å². The van der Waals surface area contributed by atoms with Gasteiger partial charge in [0.2, 0.25) is 11.1 Å². The standard InChI is InChI=1S/C19H21N9O3S/c1-26(2)14-9-7-13(8-10-14)11-21-23-18-24-25-19(27(18)20)32-12-17(29)22-15-5-3-4-6-16(15)28(30)31/h3-11H,12,20H2,1-2H3,(H,22,29)(H,23,24)/b21-11+. The summed E-state index contributed by atoms with van der Waals surface area (Å²) in [6, 6.07) is 13.7. The van der Waals surface area contributed by atoms with Crippen LogP contribution in [0.5, 0.6) is 0 Å². The summed E-state index contributed by atoms with van der Waals surface area (Å²) in [5.41, 5.74) is 4.59. The van der Waals surface area contributed by atoms with Crippen LogP contribution in [0.2, 0.25) is 0 Å². The molecule has 1 heterocycles. The van der Waals surface area contributed by atoms with Crippen molar-refractivity contribution in [3.05, 3.63) is 64.2 Å². The largest absolute Gasteiger partial charge is 0.378 e. The number of amides is 1. The number of benzene rings is 2. The van der Waals surface area contributed by atoms with Gasteiger partial charge < -0.3 is 16.1 Å². The number of para-hydroxylation sites is 2. The number of carbonyl (C=O) groups excluding carboxylic acids is 1. The molecule has 0 aliphatic rings. The number of nitrogen functional groups attached to an aromatic ring is 1. The first-order valence-corrected chi connectivity index (χ1v) is 10.3. The third-order valence-corrected chi connectivity index (χ3v) is 5.10. The smallest absolute Gasteiger partial charge is 0.292 e. The summed E-state index contributed by atoms with van der Waals surface area (Å²) in [7, 11) is 3.92. The number of nitro groups is 1. The number of nitrogens with zero attached hydrogens (tertiary/aromatic N) is 6. The monoisotopic (exact) mass is 455 g/mol. The summed E-state index contributed by atoms with van der Waals surface area (Å²) < 4.78 is 1.16. The van der Waals surface area contributed by atoms with Crippen LogP contribution in [-0.2, 0) is 4.79 Å². The molecule has 0 aliphatic heterocycles. The number of nitro benzene ring substituents is 1. The Morgan fingerprint density at radius 2 is 1.97 bits per heavy atom. The first kappa shape index (κ1) is 22.6. The maximum atomic E-state index is 12.2. The average Bonchev–Trinajstić information content (AvgIpc) is 3.12. The fourth-order valence-electron chi connectivity index (χ4n) is 2.53. The summed E-state index contributed by atoms with van der Waals surface area (Å²) in [6.45, 7) is 0. The number of hydrazone groups is 1. The summed E-state index contributed by atoms with van der Waals surface area (Å²) in [4.78, 5) is 24.7. The predicted octanol–water partition coefficient (Wildman–Crippen LogP) is 2.14. The second kappa shape index (κ2) is 10.3. The molecular formula is C19H21N9O3S. The zero-order valence-corrected chi connectivity index (χ0v) is 18.1. The highest BCUT2D eigenvalue weighted by atomic mass is 32.2. The number of aromatic nitrogens is 3. The van der Waals surface area contributed by atoms with E-state index < -0.39 is 10.8 Å².